The van der Waals surface area contributed by atoms with Crippen molar-refractivity contribution >= 4 is 39.0 Å². The quantitative estimate of drug-likeness (QED) is 0.734. The van der Waals surface area contributed by atoms with Gasteiger partial charge in [-0.1, -0.05) is 23.7 Å². The van der Waals surface area contributed by atoms with Crippen molar-refractivity contribution in [3.63, 3.8) is 0 Å². The van der Waals surface area contributed by atoms with Crippen LogP contribution in [-0.2, 0) is 25.1 Å². The van der Waals surface area contributed by atoms with Crippen LogP contribution in [0.1, 0.15) is 22.8 Å². The Labute approximate surface area is 161 Å². The average molecular weight is 414 g/mol. The van der Waals surface area contributed by atoms with Crippen LogP contribution in [0.2, 0.25) is 5.02 Å². The maximum atomic E-state index is 13.1. The number of amides is 1. The van der Waals surface area contributed by atoms with Crippen molar-refractivity contribution in [1.29, 1.82) is 0 Å². The van der Waals surface area contributed by atoms with Crippen molar-refractivity contribution < 1.29 is 27.1 Å². The third-order valence-corrected chi connectivity index (χ3v) is 4.58. The molecule has 0 saturated carbocycles. The topological polar surface area (TPSA) is 89.5 Å². The molecule has 0 unspecified atom stereocenters. The van der Waals surface area contributed by atoms with Gasteiger partial charge in [0.25, 0.3) is 5.91 Å². The van der Waals surface area contributed by atoms with E-state index in [1.165, 1.54) is 37.3 Å². The Hall–Kier alpha value is -2.45. The molecule has 0 heterocycles. The van der Waals surface area contributed by atoms with Crippen LogP contribution in [0.4, 0.5) is 10.1 Å². The molecule has 27 heavy (non-hydrogen) atoms. The molecule has 2 rings (SSSR count). The number of halogens is 2. The molecule has 1 atom stereocenters. The van der Waals surface area contributed by atoms with E-state index >= 15 is 0 Å². The lowest BCUT2D eigenvalue weighted by molar-refractivity contribution is -0.123. The first-order valence-electron chi connectivity index (χ1n) is 7.79. The molecule has 6 nitrogen and oxygen atoms in total. The van der Waals surface area contributed by atoms with Gasteiger partial charge in [0.15, 0.2) is 15.9 Å². The minimum absolute atomic E-state index is 0.126. The standard InChI is InChI=1S/C18H17ClFNO5S/c1-11(17(22)21-14-6-7-16(20)15(19)9-14)26-18(23)13-5-3-4-12(8-13)10-27(2,24)25/h3-9,11H,10H2,1-2H3,(H,21,22)/t11-/m0/s1. The largest absolute Gasteiger partial charge is 0.449 e. The van der Waals surface area contributed by atoms with Crippen LogP contribution >= 0.6 is 11.6 Å². The van der Waals surface area contributed by atoms with Crippen molar-refractivity contribution in [3.05, 3.63) is 64.4 Å². The fourth-order valence-electron chi connectivity index (χ4n) is 2.19. The van der Waals surface area contributed by atoms with E-state index in [1.54, 1.807) is 6.07 Å². The van der Waals surface area contributed by atoms with Gasteiger partial charge < -0.3 is 10.1 Å². The summed E-state index contributed by atoms with van der Waals surface area (Å²) in [6.07, 6.45) is -0.0496. The molecule has 0 aromatic heterocycles. The number of carbonyl (C=O) groups excluding carboxylic acids is 2. The fourth-order valence-corrected chi connectivity index (χ4v) is 3.16. The molecular weight excluding hydrogens is 397 g/mol. The van der Waals surface area contributed by atoms with E-state index < -0.39 is 33.6 Å². The zero-order valence-corrected chi connectivity index (χ0v) is 16.1. The summed E-state index contributed by atoms with van der Waals surface area (Å²) in [5.74, 6) is -2.23. The highest BCUT2D eigenvalue weighted by Crippen LogP contribution is 2.19. The van der Waals surface area contributed by atoms with Crippen molar-refractivity contribution in [3.8, 4) is 0 Å². The van der Waals surface area contributed by atoms with E-state index in [1.807, 2.05) is 0 Å². The third-order valence-electron chi connectivity index (χ3n) is 3.43. The Morgan fingerprint density at radius 2 is 1.93 bits per heavy atom. The minimum Gasteiger partial charge on any atom is -0.449 e. The summed E-state index contributed by atoms with van der Waals surface area (Å²) < 4.78 is 41.0. The van der Waals surface area contributed by atoms with E-state index in [-0.39, 0.29) is 22.0 Å². The van der Waals surface area contributed by atoms with E-state index in [9.17, 15) is 22.4 Å². The van der Waals surface area contributed by atoms with Crippen LogP contribution in [-0.4, -0.2) is 32.7 Å². The molecule has 144 valence electrons. The van der Waals surface area contributed by atoms with Gasteiger partial charge in [-0.15, -0.1) is 0 Å². The van der Waals surface area contributed by atoms with Gasteiger partial charge in [-0.05, 0) is 42.8 Å². The number of ether oxygens (including phenoxy) is 1. The summed E-state index contributed by atoms with van der Waals surface area (Å²) in [5.41, 5.74) is 0.815. The SMILES string of the molecule is C[C@H](OC(=O)c1cccc(CS(C)(=O)=O)c1)C(=O)Nc1ccc(F)c(Cl)c1. The van der Waals surface area contributed by atoms with Gasteiger partial charge in [0.2, 0.25) is 0 Å². The second kappa shape index (κ2) is 8.49. The highest BCUT2D eigenvalue weighted by atomic mass is 35.5. The van der Waals surface area contributed by atoms with Crippen LogP contribution in [0.25, 0.3) is 0 Å². The summed E-state index contributed by atoms with van der Waals surface area (Å²) in [6, 6.07) is 9.61. The molecule has 0 spiro atoms. The van der Waals surface area contributed by atoms with Crippen molar-refractivity contribution in [2.75, 3.05) is 11.6 Å². The van der Waals surface area contributed by atoms with Crippen molar-refractivity contribution in [2.24, 2.45) is 0 Å². The Balaban J connectivity index is 2.03. The maximum absolute atomic E-state index is 13.1. The second-order valence-electron chi connectivity index (χ2n) is 5.94. The lowest BCUT2D eigenvalue weighted by atomic mass is 10.1. The molecule has 2 aromatic carbocycles. The Bertz CT molecular complexity index is 977. The van der Waals surface area contributed by atoms with Crippen LogP contribution in [0.5, 0.6) is 0 Å². The zero-order chi connectivity index (χ0) is 20.2. The molecule has 0 fully saturated rings. The predicted molar refractivity (Wildman–Crippen MR) is 99.9 cm³/mol. The van der Waals surface area contributed by atoms with Gasteiger partial charge in [-0.25, -0.2) is 17.6 Å². The van der Waals surface area contributed by atoms with Gasteiger partial charge in [-0.3, -0.25) is 4.79 Å². The second-order valence-corrected chi connectivity index (χ2v) is 8.48. The first-order valence-corrected chi connectivity index (χ1v) is 10.2. The molecule has 0 aliphatic carbocycles. The molecule has 0 aliphatic rings. The summed E-state index contributed by atoms with van der Waals surface area (Å²) in [4.78, 5) is 24.3. The normalized spacial score (nSPS) is 12.3. The van der Waals surface area contributed by atoms with Crippen LogP contribution in [0, 0.1) is 5.82 Å². The number of anilines is 1. The first kappa shape index (κ1) is 20.9. The molecule has 1 amide bonds. The summed E-state index contributed by atoms with van der Waals surface area (Å²) in [6.45, 7) is 1.37. The maximum Gasteiger partial charge on any atom is 0.338 e. The smallest absolute Gasteiger partial charge is 0.338 e. The molecule has 0 bridgehead atoms. The minimum atomic E-state index is -3.25. The van der Waals surface area contributed by atoms with Crippen LogP contribution in [0.15, 0.2) is 42.5 Å². The monoisotopic (exact) mass is 413 g/mol. The number of carbonyl (C=O) groups is 2. The highest BCUT2D eigenvalue weighted by molar-refractivity contribution is 7.89. The highest BCUT2D eigenvalue weighted by Gasteiger charge is 2.20. The molecule has 1 N–H and O–H groups in total. The fraction of sp³-hybridized carbons (Fsp3) is 0.222. The molecule has 2 aromatic rings. The third kappa shape index (κ3) is 6.33. The first-order chi connectivity index (χ1) is 12.5. The molecule has 9 heteroatoms. The number of nitrogens with one attached hydrogen (secondary N) is 1. The molecule has 0 saturated heterocycles. The van der Waals surface area contributed by atoms with Gasteiger partial charge in [0, 0.05) is 11.9 Å². The number of rotatable bonds is 6. The van der Waals surface area contributed by atoms with Gasteiger partial charge >= 0.3 is 5.97 Å². The zero-order valence-electron chi connectivity index (χ0n) is 14.5. The average Bonchev–Trinajstić information content (AvgIpc) is 2.56. The van der Waals surface area contributed by atoms with E-state index in [4.69, 9.17) is 16.3 Å². The van der Waals surface area contributed by atoms with E-state index in [0.29, 0.717) is 5.56 Å². The summed E-state index contributed by atoms with van der Waals surface area (Å²) >= 11 is 5.65. The van der Waals surface area contributed by atoms with Gasteiger partial charge in [0.05, 0.1) is 16.3 Å². The number of hydrogen-bond acceptors (Lipinski definition) is 5. The number of benzene rings is 2. The number of sulfone groups is 1. The van der Waals surface area contributed by atoms with E-state index in [2.05, 4.69) is 5.32 Å². The lowest BCUT2D eigenvalue weighted by Crippen LogP contribution is -2.30. The summed E-state index contributed by atoms with van der Waals surface area (Å²) in [5, 5.41) is 2.31. The Kier molecular flexibility index (Phi) is 6.56. The van der Waals surface area contributed by atoms with Crippen LogP contribution in [0.3, 0.4) is 0 Å². The van der Waals surface area contributed by atoms with Crippen molar-refractivity contribution in [2.45, 2.75) is 18.8 Å². The molecule has 0 aliphatic heterocycles. The molecule has 0 radical (unpaired) electrons. The molecular formula is C18H17ClFNO5S. The van der Waals surface area contributed by atoms with E-state index in [0.717, 1.165) is 12.3 Å². The van der Waals surface area contributed by atoms with Crippen LogP contribution < -0.4 is 5.32 Å². The Morgan fingerprint density at radius 3 is 2.56 bits per heavy atom. The number of hydrogen-bond donors (Lipinski definition) is 1. The van der Waals surface area contributed by atoms with Gasteiger partial charge in [0.1, 0.15) is 5.82 Å². The number of esters is 1. The predicted octanol–water partition coefficient (Wildman–Crippen LogP) is 3.21. The van der Waals surface area contributed by atoms with Gasteiger partial charge in [-0.2, -0.15) is 0 Å². The van der Waals surface area contributed by atoms with Crippen molar-refractivity contribution in [1.82, 2.24) is 0 Å². The Morgan fingerprint density at radius 1 is 1.22 bits per heavy atom. The summed E-state index contributed by atoms with van der Waals surface area (Å²) in [7, 11) is -3.25. The lowest BCUT2D eigenvalue weighted by Gasteiger charge is -2.14.